The standard InChI is InChI=1S/C41H76N2O2/c1-5-7-9-11-13-15-17-19-21-23-25-27-29-31-33-36-40(45-41(44)42-38-35-39-43(3)4)37-34-32-30-28-26-24-22-20-18-16-14-12-10-8-6-2/h11-14,17-20,40H,5-10,15-16,21-39H2,1-4H3,(H,42,44)/b13-11-,14-12-,19-17-,20-18-. The van der Waals surface area contributed by atoms with E-state index in [2.05, 4.69) is 86.8 Å². The SMILES string of the molecule is CCCC/C=C\C/C=C\CCCCCCCCC(CCCCCCCC/C=C\C/C=C\CCCC)OC(=O)NCCCN(C)C. The molecule has 0 bridgehead atoms. The highest BCUT2D eigenvalue weighted by Gasteiger charge is 2.14. The van der Waals surface area contributed by atoms with Gasteiger partial charge in [-0.05, 0) is 104 Å². The Hall–Kier alpha value is -1.81. The second-order valence-electron chi connectivity index (χ2n) is 13.1. The average Bonchev–Trinajstić information content (AvgIpc) is 3.02. The van der Waals surface area contributed by atoms with Crippen LogP contribution in [0.4, 0.5) is 4.79 Å². The minimum atomic E-state index is -0.229. The predicted octanol–water partition coefficient (Wildman–Crippen LogP) is 12.7. The maximum absolute atomic E-state index is 12.5. The zero-order chi connectivity index (χ0) is 32.9. The summed E-state index contributed by atoms with van der Waals surface area (Å²) in [5, 5.41) is 2.97. The number of hydrogen-bond acceptors (Lipinski definition) is 3. The Balaban J connectivity index is 4.07. The lowest BCUT2D eigenvalue weighted by Crippen LogP contribution is -2.31. The highest BCUT2D eigenvalue weighted by Crippen LogP contribution is 2.17. The molecule has 0 aromatic carbocycles. The molecule has 0 saturated carbocycles. The summed E-state index contributed by atoms with van der Waals surface area (Å²) in [5.74, 6) is 0. The van der Waals surface area contributed by atoms with Crippen molar-refractivity contribution in [1.82, 2.24) is 10.2 Å². The summed E-state index contributed by atoms with van der Waals surface area (Å²) < 4.78 is 5.91. The van der Waals surface area contributed by atoms with Gasteiger partial charge in [0.2, 0.25) is 0 Å². The molecule has 262 valence electrons. The third-order valence-corrected chi connectivity index (χ3v) is 8.28. The van der Waals surface area contributed by atoms with Crippen LogP contribution in [0.25, 0.3) is 0 Å². The third kappa shape index (κ3) is 36.5. The van der Waals surface area contributed by atoms with Gasteiger partial charge in [0.05, 0.1) is 0 Å². The molecule has 0 aliphatic heterocycles. The van der Waals surface area contributed by atoms with Crippen LogP contribution < -0.4 is 5.32 Å². The lowest BCUT2D eigenvalue weighted by atomic mass is 10.0. The van der Waals surface area contributed by atoms with Gasteiger partial charge in [0.15, 0.2) is 0 Å². The molecule has 1 amide bonds. The summed E-state index contributed by atoms with van der Waals surface area (Å²) >= 11 is 0. The number of ether oxygens (including phenoxy) is 1. The molecule has 1 N–H and O–H groups in total. The van der Waals surface area contributed by atoms with Crippen molar-refractivity contribution in [3.63, 3.8) is 0 Å². The van der Waals surface area contributed by atoms with E-state index in [0.29, 0.717) is 6.54 Å². The van der Waals surface area contributed by atoms with Crippen LogP contribution in [0.1, 0.15) is 174 Å². The van der Waals surface area contributed by atoms with Gasteiger partial charge in [0.25, 0.3) is 0 Å². The van der Waals surface area contributed by atoms with Gasteiger partial charge in [-0.3, -0.25) is 0 Å². The molecular weight excluding hydrogens is 552 g/mol. The fourth-order valence-electron chi connectivity index (χ4n) is 5.38. The maximum atomic E-state index is 12.5. The first kappa shape index (κ1) is 43.2. The first-order chi connectivity index (χ1) is 22.1. The largest absolute Gasteiger partial charge is 0.446 e. The van der Waals surface area contributed by atoms with E-state index in [1.807, 2.05) is 0 Å². The number of alkyl carbamates (subject to hydrolysis) is 1. The van der Waals surface area contributed by atoms with Gasteiger partial charge < -0.3 is 15.0 Å². The summed E-state index contributed by atoms with van der Waals surface area (Å²) in [7, 11) is 4.12. The van der Waals surface area contributed by atoms with Crippen molar-refractivity contribution >= 4 is 6.09 Å². The molecule has 0 aromatic rings. The zero-order valence-electron chi connectivity index (χ0n) is 30.6. The second-order valence-corrected chi connectivity index (χ2v) is 13.1. The Morgan fingerprint density at radius 2 is 0.956 bits per heavy atom. The third-order valence-electron chi connectivity index (χ3n) is 8.28. The van der Waals surface area contributed by atoms with Crippen molar-refractivity contribution in [2.24, 2.45) is 0 Å². The fraction of sp³-hybridized carbons (Fsp3) is 0.780. The number of nitrogens with one attached hydrogen (secondary N) is 1. The zero-order valence-corrected chi connectivity index (χ0v) is 30.6. The van der Waals surface area contributed by atoms with Gasteiger partial charge in [-0.15, -0.1) is 0 Å². The highest BCUT2D eigenvalue weighted by atomic mass is 16.6. The smallest absolute Gasteiger partial charge is 0.407 e. The van der Waals surface area contributed by atoms with E-state index in [1.165, 1.54) is 116 Å². The van der Waals surface area contributed by atoms with Crippen molar-refractivity contribution < 1.29 is 9.53 Å². The number of carbonyl (C=O) groups is 1. The molecule has 0 heterocycles. The van der Waals surface area contributed by atoms with Crippen molar-refractivity contribution in [2.75, 3.05) is 27.2 Å². The molecule has 0 fully saturated rings. The number of allylic oxidation sites excluding steroid dienone is 8. The quantitative estimate of drug-likeness (QED) is 0.0580. The van der Waals surface area contributed by atoms with Crippen LogP contribution in [0.2, 0.25) is 0 Å². The van der Waals surface area contributed by atoms with Gasteiger partial charge in [-0.25, -0.2) is 4.79 Å². The van der Waals surface area contributed by atoms with E-state index in [0.717, 1.165) is 51.5 Å². The highest BCUT2D eigenvalue weighted by molar-refractivity contribution is 5.67. The first-order valence-electron chi connectivity index (χ1n) is 19.3. The number of nitrogens with zero attached hydrogens (tertiary/aromatic N) is 1. The van der Waals surface area contributed by atoms with Crippen molar-refractivity contribution in [3.05, 3.63) is 48.6 Å². The van der Waals surface area contributed by atoms with Crippen LogP contribution in [0.3, 0.4) is 0 Å². The molecule has 0 spiro atoms. The average molecular weight is 629 g/mol. The second kappa shape index (κ2) is 36.7. The van der Waals surface area contributed by atoms with Gasteiger partial charge >= 0.3 is 6.09 Å². The Morgan fingerprint density at radius 3 is 1.38 bits per heavy atom. The molecule has 0 radical (unpaired) electrons. The van der Waals surface area contributed by atoms with E-state index in [4.69, 9.17) is 4.74 Å². The molecule has 0 aliphatic carbocycles. The van der Waals surface area contributed by atoms with Crippen LogP contribution in [0.5, 0.6) is 0 Å². The minimum Gasteiger partial charge on any atom is -0.446 e. The number of amides is 1. The van der Waals surface area contributed by atoms with Gasteiger partial charge in [-0.1, -0.05) is 140 Å². The van der Waals surface area contributed by atoms with Crippen molar-refractivity contribution in [2.45, 2.75) is 180 Å². The number of rotatable bonds is 33. The molecule has 0 atom stereocenters. The monoisotopic (exact) mass is 629 g/mol. The molecular formula is C41H76N2O2. The fourth-order valence-corrected chi connectivity index (χ4v) is 5.38. The Labute approximate surface area is 281 Å². The van der Waals surface area contributed by atoms with Crippen molar-refractivity contribution in [1.29, 1.82) is 0 Å². The van der Waals surface area contributed by atoms with Crippen LogP contribution in [0.15, 0.2) is 48.6 Å². The van der Waals surface area contributed by atoms with E-state index < -0.39 is 0 Å². The molecule has 0 rings (SSSR count). The number of carbonyl (C=O) groups excluding carboxylic acids is 1. The van der Waals surface area contributed by atoms with E-state index in [1.54, 1.807) is 0 Å². The minimum absolute atomic E-state index is 0.0566. The van der Waals surface area contributed by atoms with E-state index in [9.17, 15) is 4.79 Å². The topological polar surface area (TPSA) is 41.6 Å². The summed E-state index contributed by atoms with van der Waals surface area (Å²) in [6, 6.07) is 0. The Bertz CT molecular complexity index is 679. The van der Waals surface area contributed by atoms with Crippen LogP contribution in [0, 0.1) is 0 Å². The summed E-state index contributed by atoms with van der Waals surface area (Å²) in [5.41, 5.74) is 0. The first-order valence-corrected chi connectivity index (χ1v) is 19.3. The molecule has 45 heavy (non-hydrogen) atoms. The summed E-state index contributed by atoms with van der Waals surface area (Å²) in [6.45, 7) is 6.15. The lowest BCUT2D eigenvalue weighted by molar-refractivity contribution is 0.0840. The lowest BCUT2D eigenvalue weighted by Gasteiger charge is -2.19. The molecule has 0 aromatic heterocycles. The normalized spacial score (nSPS) is 12.3. The molecule has 0 saturated heterocycles. The molecule has 4 nitrogen and oxygen atoms in total. The van der Waals surface area contributed by atoms with Crippen LogP contribution in [-0.4, -0.2) is 44.3 Å². The number of hydrogen-bond donors (Lipinski definition) is 1. The Kier molecular flexibility index (Phi) is 35.2. The summed E-state index contributed by atoms with van der Waals surface area (Å²) in [4.78, 5) is 14.6. The van der Waals surface area contributed by atoms with Crippen molar-refractivity contribution in [3.8, 4) is 0 Å². The van der Waals surface area contributed by atoms with Crippen LogP contribution >= 0.6 is 0 Å². The molecule has 0 unspecified atom stereocenters. The van der Waals surface area contributed by atoms with Crippen LogP contribution in [-0.2, 0) is 4.74 Å². The van der Waals surface area contributed by atoms with E-state index >= 15 is 0 Å². The van der Waals surface area contributed by atoms with Gasteiger partial charge in [-0.2, -0.15) is 0 Å². The summed E-state index contributed by atoms with van der Waals surface area (Å²) in [6.07, 6.45) is 48.8. The maximum Gasteiger partial charge on any atom is 0.407 e. The van der Waals surface area contributed by atoms with E-state index in [-0.39, 0.29) is 12.2 Å². The number of unbranched alkanes of at least 4 members (excludes halogenated alkanes) is 16. The van der Waals surface area contributed by atoms with Gasteiger partial charge in [0.1, 0.15) is 6.10 Å². The predicted molar refractivity (Wildman–Crippen MR) is 200 cm³/mol. The van der Waals surface area contributed by atoms with Gasteiger partial charge in [0, 0.05) is 6.54 Å². The molecule has 0 aliphatic rings. The Morgan fingerprint density at radius 1 is 0.556 bits per heavy atom. The molecule has 4 heteroatoms.